The van der Waals surface area contributed by atoms with Crippen LogP contribution in [0.1, 0.15) is 33.3 Å². The molecule has 2 unspecified atom stereocenters. The Morgan fingerprint density at radius 1 is 1.06 bits per heavy atom. The number of hydrogen-bond donors (Lipinski definition) is 1. The van der Waals surface area contributed by atoms with Gasteiger partial charge in [0.2, 0.25) is 0 Å². The van der Waals surface area contributed by atoms with Crippen LogP contribution < -0.4 is 5.32 Å². The third-order valence-electron chi connectivity index (χ3n) is 3.53. The van der Waals surface area contributed by atoms with E-state index in [1.807, 2.05) is 6.92 Å². The monoisotopic (exact) mass is 255 g/mol. The fraction of sp³-hybridized carbons (Fsp3) is 0.600. The van der Waals surface area contributed by atoms with Gasteiger partial charge in [-0.25, -0.2) is 8.78 Å². The molecule has 0 saturated carbocycles. The maximum Gasteiger partial charge on any atom is 0.126 e. The highest BCUT2D eigenvalue weighted by Crippen LogP contribution is 2.19. The Balaban J connectivity index is 2.82. The molecule has 1 aromatic carbocycles. The fourth-order valence-electron chi connectivity index (χ4n) is 2.15. The number of nitrogens with one attached hydrogen (secondary N) is 1. The predicted octanol–water partition coefficient (Wildman–Crippen LogP) is 3.78. The van der Waals surface area contributed by atoms with Crippen LogP contribution in [0.5, 0.6) is 0 Å². The summed E-state index contributed by atoms with van der Waals surface area (Å²) in [4.78, 5) is 0. The number of rotatable bonds is 6. The van der Waals surface area contributed by atoms with Crippen molar-refractivity contribution in [2.45, 2.75) is 40.2 Å². The average molecular weight is 255 g/mol. The van der Waals surface area contributed by atoms with Crippen molar-refractivity contribution in [1.82, 2.24) is 5.32 Å². The number of benzene rings is 1. The van der Waals surface area contributed by atoms with Crippen LogP contribution in [0.2, 0.25) is 0 Å². The fourth-order valence-corrected chi connectivity index (χ4v) is 2.15. The minimum atomic E-state index is -0.502. The summed E-state index contributed by atoms with van der Waals surface area (Å²) in [6.07, 6.45) is 0.655. The van der Waals surface area contributed by atoms with E-state index in [1.165, 1.54) is 12.1 Å². The number of likely N-dealkylation sites (N-methyl/N-ethyl adjacent to an activating group) is 1. The summed E-state index contributed by atoms with van der Waals surface area (Å²) in [5.41, 5.74) is 0.714. The van der Waals surface area contributed by atoms with Crippen LogP contribution in [0, 0.1) is 23.5 Å². The van der Waals surface area contributed by atoms with E-state index < -0.39 is 11.6 Å². The molecule has 0 aliphatic heterocycles. The molecular formula is C15H23F2N. The van der Waals surface area contributed by atoms with Crippen LogP contribution in [0.25, 0.3) is 0 Å². The van der Waals surface area contributed by atoms with Gasteiger partial charge in [0.15, 0.2) is 0 Å². The van der Waals surface area contributed by atoms with Gasteiger partial charge in [0.1, 0.15) is 11.6 Å². The van der Waals surface area contributed by atoms with E-state index in [-0.39, 0.29) is 6.04 Å². The van der Waals surface area contributed by atoms with Gasteiger partial charge in [-0.05, 0) is 42.5 Å². The zero-order chi connectivity index (χ0) is 13.7. The highest BCUT2D eigenvalue weighted by atomic mass is 19.1. The summed E-state index contributed by atoms with van der Waals surface area (Å²) in [7, 11) is 0. The quantitative estimate of drug-likeness (QED) is 0.815. The number of halogens is 2. The van der Waals surface area contributed by atoms with Crippen LogP contribution >= 0.6 is 0 Å². The topological polar surface area (TPSA) is 12.0 Å². The first-order chi connectivity index (χ1) is 8.43. The van der Waals surface area contributed by atoms with Gasteiger partial charge in [-0.1, -0.05) is 27.7 Å². The third kappa shape index (κ3) is 4.37. The highest BCUT2D eigenvalue weighted by Gasteiger charge is 2.20. The Bertz CT molecular complexity index is 357. The van der Waals surface area contributed by atoms with Crippen LogP contribution in [0.15, 0.2) is 18.2 Å². The molecular weight excluding hydrogens is 232 g/mol. The minimum Gasteiger partial charge on any atom is -0.314 e. The van der Waals surface area contributed by atoms with Crippen molar-refractivity contribution in [2.24, 2.45) is 11.8 Å². The first kappa shape index (κ1) is 15.1. The normalized spacial score (nSPS) is 14.8. The second kappa shape index (κ2) is 6.83. The van der Waals surface area contributed by atoms with Gasteiger partial charge in [0, 0.05) is 12.1 Å². The Hall–Kier alpha value is -0.960. The zero-order valence-electron chi connectivity index (χ0n) is 11.6. The summed E-state index contributed by atoms with van der Waals surface area (Å²) < 4.78 is 26.3. The molecule has 0 aromatic heterocycles. The van der Waals surface area contributed by atoms with Crippen molar-refractivity contribution in [1.29, 1.82) is 0 Å². The highest BCUT2D eigenvalue weighted by molar-refractivity contribution is 5.19. The van der Waals surface area contributed by atoms with Crippen molar-refractivity contribution in [3.05, 3.63) is 35.4 Å². The maximum absolute atomic E-state index is 13.2. The molecule has 0 aliphatic carbocycles. The smallest absolute Gasteiger partial charge is 0.126 e. The Kier molecular flexibility index (Phi) is 5.73. The van der Waals surface area contributed by atoms with Gasteiger partial charge >= 0.3 is 0 Å². The van der Waals surface area contributed by atoms with E-state index in [4.69, 9.17) is 0 Å². The molecule has 1 aromatic rings. The van der Waals surface area contributed by atoms with Gasteiger partial charge in [-0.15, -0.1) is 0 Å². The van der Waals surface area contributed by atoms with Gasteiger partial charge in [-0.3, -0.25) is 0 Å². The lowest BCUT2D eigenvalue weighted by molar-refractivity contribution is 0.300. The van der Waals surface area contributed by atoms with Crippen molar-refractivity contribution < 1.29 is 8.78 Å². The molecule has 0 saturated heterocycles. The summed E-state index contributed by atoms with van der Waals surface area (Å²) in [6, 6.07) is 4.00. The van der Waals surface area contributed by atoms with E-state index in [0.717, 1.165) is 12.6 Å². The van der Waals surface area contributed by atoms with Crippen LogP contribution in [0.3, 0.4) is 0 Å². The van der Waals surface area contributed by atoms with Gasteiger partial charge < -0.3 is 5.32 Å². The van der Waals surface area contributed by atoms with Crippen molar-refractivity contribution >= 4 is 0 Å². The summed E-state index contributed by atoms with van der Waals surface area (Å²) >= 11 is 0. The average Bonchev–Trinajstić information content (AvgIpc) is 2.26. The Labute approximate surface area is 109 Å². The molecule has 0 spiro atoms. The van der Waals surface area contributed by atoms with Gasteiger partial charge in [0.25, 0.3) is 0 Å². The molecule has 0 amide bonds. The van der Waals surface area contributed by atoms with Crippen LogP contribution in [0.4, 0.5) is 8.78 Å². The maximum atomic E-state index is 13.2. The molecule has 1 N–H and O–H groups in total. The van der Waals surface area contributed by atoms with Gasteiger partial charge in [0.05, 0.1) is 0 Å². The van der Waals surface area contributed by atoms with E-state index in [0.29, 0.717) is 23.8 Å². The lowest BCUT2D eigenvalue weighted by Crippen LogP contribution is -2.39. The lowest BCUT2D eigenvalue weighted by Gasteiger charge is -2.28. The molecule has 0 aliphatic rings. The first-order valence-electron chi connectivity index (χ1n) is 6.62. The van der Waals surface area contributed by atoms with Crippen LogP contribution in [-0.4, -0.2) is 12.6 Å². The second-order valence-corrected chi connectivity index (χ2v) is 5.25. The lowest BCUT2D eigenvalue weighted by atomic mass is 9.86. The molecule has 1 nitrogen and oxygen atoms in total. The van der Waals surface area contributed by atoms with Crippen molar-refractivity contribution in [2.75, 3.05) is 6.54 Å². The Morgan fingerprint density at radius 2 is 1.61 bits per heavy atom. The summed E-state index contributed by atoms with van der Waals surface area (Å²) in [5.74, 6) is -0.0152. The molecule has 3 heteroatoms. The summed E-state index contributed by atoms with van der Waals surface area (Å²) in [6.45, 7) is 9.42. The Morgan fingerprint density at radius 3 is 2.06 bits per heavy atom. The third-order valence-corrected chi connectivity index (χ3v) is 3.53. The SMILES string of the molecule is CCNC(Cc1cc(F)cc(F)c1)C(C)C(C)C. The first-order valence-corrected chi connectivity index (χ1v) is 6.62. The largest absolute Gasteiger partial charge is 0.314 e. The van der Waals surface area contributed by atoms with Gasteiger partial charge in [-0.2, -0.15) is 0 Å². The standard InChI is InChI=1S/C15H23F2N/c1-5-18-15(11(4)10(2)3)8-12-6-13(16)9-14(17)7-12/h6-7,9-11,15,18H,5,8H2,1-4H3. The molecule has 1 rings (SSSR count). The number of hydrogen-bond acceptors (Lipinski definition) is 1. The zero-order valence-corrected chi connectivity index (χ0v) is 11.6. The molecule has 2 atom stereocenters. The van der Waals surface area contributed by atoms with Crippen molar-refractivity contribution in [3.8, 4) is 0 Å². The molecule has 0 radical (unpaired) electrons. The molecule has 0 bridgehead atoms. The molecule has 102 valence electrons. The van der Waals surface area contributed by atoms with E-state index in [9.17, 15) is 8.78 Å². The van der Waals surface area contributed by atoms with Crippen LogP contribution in [-0.2, 0) is 6.42 Å². The van der Waals surface area contributed by atoms with E-state index in [1.54, 1.807) is 0 Å². The second-order valence-electron chi connectivity index (χ2n) is 5.25. The molecule has 18 heavy (non-hydrogen) atoms. The predicted molar refractivity (Wildman–Crippen MR) is 71.5 cm³/mol. The minimum absolute atomic E-state index is 0.246. The molecule has 0 fully saturated rings. The van der Waals surface area contributed by atoms with E-state index in [2.05, 4.69) is 26.1 Å². The van der Waals surface area contributed by atoms with Crippen molar-refractivity contribution in [3.63, 3.8) is 0 Å². The summed E-state index contributed by atoms with van der Waals surface area (Å²) in [5, 5.41) is 3.41. The van der Waals surface area contributed by atoms with E-state index >= 15 is 0 Å². The molecule has 0 heterocycles.